The molecule has 1 aromatic heterocycles. The average molecular weight is 755 g/mol. The number of halogens is 1. The van der Waals surface area contributed by atoms with Gasteiger partial charge >= 0.3 is 17.6 Å². The minimum Gasteiger partial charge on any atom is -0.481 e. The second kappa shape index (κ2) is 27.9. The Hall–Kier alpha value is -2.57. The zero-order chi connectivity index (χ0) is 38.7. The van der Waals surface area contributed by atoms with Crippen molar-refractivity contribution in [1.29, 1.82) is 0 Å². The lowest BCUT2D eigenvalue weighted by atomic mass is 9.83. The summed E-state index contributed by atoms with van der Waals surface area (Å²) >= 11 is 0. The maximum Gasteiger partial charge on any atom is 0.330 e. The highest BCUT2D eigenvalue weighted by Crippen LogP contribution is 2.46. The van der Waals surface area contributed by atoms with Crippen LogP contribution < -0.4 is 11.2 Å². The van der Waals surface area contributed by atoms with Gasteiger partial charge in [-0.25, -0.2) is 4.79 Å². The number of unbranched alkanes of at least 4 members (excludes halogenated alkanes) is 24. The van der Waals surface area contributed by atoms with Crippen LogP contribution in [-0.2, 0) is 20.1 Å². The van der Waals surface area contributed by atoms with E-state index >= 15 is 0 Å². The first-order valence-corrected chi connectivity index (χ1v) is 21.0. The van der Waals surface area contributed by atoms with Crippen molar-refractivity contribution in [1.82, 2.24) is 9.55 Å². The number of aromatic nitrogens is 2. The van der Waals surface area contributed by atoms with Gasteiger partial charge in [-0.05, 0) is 32.1 Å². The maximum absolute atomic E-state index is 14.6. The molecule has 306 valence electrons. The fourth-order valence-electron chi connectivity index (χ4n) is 8.00. The van der Waals surface area contributed by atoms with Crippen LogP contribution in [0.3, 0.4) is 0 Å². The van der Waals surface area contributed by atoms with Crippen LogP contribution in [-0.4, -0.2) is 60.7 Å². The number of carbonyl (C=O) groups is 2. The molecule has 0 spiro atoms. The molecular formula is C41H71FN2O9. The van der Waals surface area contributed by atoms with Crippen LogP contribution in [0, 0.1) is 11.7 Å². The number of aliphatic carboxylic acids is 2. The van der Waals surface area contributed by atoms with Gasteiger partial charge in [-0.1, -0.05) is 148 Å². The number of ether oxygens (including phenoxy) is 1. The molecular weight excluding hydrogens is 683 g/mol. The van der Waals surface area contributed by atoms with Crippen molar-refractivity contribution in [2.24, 2.45) is 5.92 Å². The number of aromatic amines is 1. The number of hydrogen-bond donors (Lipinski definition) is 5. The topological polar surface area (TPSA) is 179 Å². The van der Waals surface area contributed by atoms with Gasteiger partial charge in [0.2, 0.25) is 5.82 Å². The van der Waals surface area contributed by atoms with Crippen molar-refractivity contribution in [2.45, 2.75) is 211 Å². The minimum absolute atomic E-state index is 0.259. The minimum atomic E-state index is -1.38. The number of nitrogens with one attached hydrogen (secondary N) is 1. The van der Waals surface area contributed by atoms with Crippen molar-refractivity contribution in [3.63, 3.8) is 0 Å². The first-order chi connectivity index (χ1) is 25.6. The van der Waals surface area contributed by atoms with E-state index < -0.39 is 59.5 Å². The number of carboxylic acid groups (broad SMARTS) is 2. The molecule has 0 amide bonds. The standard InChI is InChI=1S/C41H71FN2O9/c42-34-31-44(40(52)43-39(34)51)41(30-26-22-18-14-10-6-2-5-9-13-17-21-25-29-37(48)49)33(38(50)35(32-45)53-41)27-23-19-15-11-7-3-1-4-8-12-16-20-24-28-36(46)47/h31,33,35,38,45,50H,1-30,32H2,(H,46,47)(H,48,49)(H,43,51,52)/t33-,35-,38+,41-/m1/s1. The fraction of sp³-hybridized carbons (Fsp3) is 0.854. The van der Waals surface area contributed by atoms with Gasteiger partial charge in [0, 0.05) is 18.8 Å². The van der Waals surface area contributed by atoms with E-state index in [2.05, 4.69) is 4.98 Å². The second-order valence-electron chi connectivity index (χ2n) is 15.4. The summed E-state index contributed by atoms with van der Waals surface area (Å²) in [5.74, 6) is -3.09. The molecule has 12 heteroatoms. The average Bonchev–Trinajstić information content (AvgIpc) is 3.39. The molecule has 0 bridgehead atoms. The van der Waals surface area contributed by atoms with Gasteiger partial charge < -0.3 is 25.2 Å². The Bertz CT molecular complexity index is 1250. The van der Waals surface area contributed by atoms with Crippen molar-refractivity contribution < 1.29 is 39.1 Å². The van der Waals surface area contributed by atoms with Crippen molar-refractivity contribution >= 4 is 11.9 Å². The molecule has 5 N–H and O–H groups in total. The smallest absolute Gasteiger partial charge is 0.330 e. The largest absolute Gasteiger partial charge is 0.481 e. The van der Waals surface area contributed by atoms with E-state index in [1.165, 1.54) is 51.4 Å². The molecule has 4 atom stereocenters. The van der Waals surface area contributed by atoms with Crippen LogP contribution in [0.15, 0.2) is 15.8 Å². The van der Waals surface area contributed by atoms with Gasteiger partial charge in [-0.3, -0.25) is 23.9 Å². The highest BCUT2D eigenvalue weighted by molar-refractivity contribution is 5.66. The van der Waals surface area contributed by atoms with E-state index in [1.807, 2.05) is 0 Å². The lowest BCUT2D eigenvalue weighted by Gasteiger charge is -2.37. The molecule has 1 aliphatic heterocycles. The van der Waals surface area contributed by atoms with Crippen LogP contribution in [0.1, 0.15) is 193 Å². The lowest BCUT2D eigenvalue weighted by Crippen LogP contribution is -2.49. The number of aliphatic hydroxyl groups excluding tert-OH is 2. The summed E-state index contributed by atoms with van der Waals surface area (Å²) in [7, 11) is 0. The molecule has 2 heterocycles. The predicted octanol–water partition coefficient (Wildman–Crippen LogP) is 8.57. The molecule has 2 rings (SSSR count). The molecule has 0 aromatic carbocycles. The van der Waals surface area contributed by atoms with Gasteiger partial charge in [0.1, 0.15) is 6.10 Å². The van der Waals surface area contributed by atoms with Crippen LogP contribution in [0.4, 0.5) is 4.39 Å². The van der Waals surface area contributed by atoms with E-state index in [4.69, 9.17) is 14.9 Å². The van der Waals surface area contributed by atoms with Crippen molar-refractivity contribution in [3.8, 4) is 0 Å². The van der Waals surface area contributed by atoms with Crippen molar-refractivity contribution in [2.75, 3.05) is 6.61 Å². The van der Waals surface area contributed by atoms with E-state index in [9.17, 15) is 33.8 Å². The number of rotatable bonds is 34. The van der Waals surface area contributed by atoms with Gasteiger partial charge in [-0.2, -0.15) is 4.39 Å². The van der Waals surface area contributed by atoms with Crippen LogP contribution in [0.5, 0.6) is 0 Å². The zero-order valence-electron chi connectivity index (χ0n) is 32.4. The predicted molar refractivity (Wildman–Crippen MR) is 204 cm³/mol. The van der Waals surface area contributed by atoms with Crippen molar-refractivity contribution in [3.05, 3.63) is 32.9 Å². The SMILES string of the molecule is O=C(O)CCCCCCCCCCCCCCC[C@@H]1[C@H](O)[C@@H](CO)O[C@@]1(CCCCCCCCCCCCCCCC(=O)O)n1cc(F)c(=O)[nH]c1=O. The van der Waals surface area contributed by atoms with E-state index in [0.717, 1.165) is 120 Å². The molecule has 53 heavy (non-hydrogen) atoms. The number of hydrogen-bond acceptors (Lipinski definition) is 7. The lowest BCUT2D eigenvalue weighted by molar-refractivity contribution is -0.140. The quantitative estimate of drug-likeness (QED) is 0.0431. The molecule has 1 saturated heterocycles. The van der Waals surface area contributed by atoms with Gasteiger partial charge in [0.15, 0.2) is 5.72 Å². The summed E-state index contributed by atoms with van der Waals surface area (Å²) in [6.45, 7) is -0.435. The highest BCUT2D eigenvalue weighted by Gasteiger charge is 2.55. The third kappa shape index (κ3) is 18.5. The third-order valence-electron chi connectivity index (χ3n) is 11.0. The van der Waals surface area contributed by atoms with E-state index in [-0.39, 0.29) is 12.8 Å². The third-order valence-corrected chi connectivity index (χ3v) is 11.0. The summed E-state index contributed by atoms with van der Waals surface area (Å²) in [6.07, 6.45) is 27.7. The number of carboxylic acids is 2. The Labute approximate surface area is 316 Å². The zero-order valence-corrected chi connectivity index (χ0v) is 32.4. The van der Waals surface area contributed by atoms with Crippen LogP contribution in [0.2, 0.25) is 0 Å². The number of nitrogens with zero attached hydrogens (tertiary/aromatic N) is 1. The molecule has 11 nitrogen and oxygen atoms in total. The first kappa shape index (κ1) is 46.6. The van der Waals surface area contributed by atoms with Gasteiger partial charge in [0.25, 0.3) is 5.56 Å². The van der Waals surface area contributed by atoms with Gasteiger partial charge in [0.05, 0.1) is 18.9 Å². The summed E-state index contributed by atoms with van der Waals surface area (Å²) in [4.78, 5) is 48.3. The Kier molecular flexibility index (Phi) is 24.5. The molecule has 0 unspecified atom stereocenters. The molecule has 0 saturated carbocycles. The Morgan fingerprint density at radius 3 is 1.43 bits per heavy atom. The molecule has 0 aliphatic carbocycles. The number of H-pyrrole nitrogens is 1. The second-order valence-corrected chi connectivity index (χ2v) is 15.4. The summed E-state index contributed by atoms with van der Waals surface area (Å²) < 4.78 is 22.1. The molecule has 1 aliphatic rings. The van der Waals surface area contributed by atoms with E-state index in [1.54, 1.807) is 0 Å². The Balaban J connectivity index is 1.78. The normalized spacial score (nSPS) is 19.9. The van der Waals surface area contributed by atoms with Gasteiger partial charge in [-0.15, -0.1) is 0 Å². The summed E-state index contributed by atoms with van der Waals surface area (Å²) in [5, 5.41) is 38.8. The van der Waals surface area contributed by atoms with E-state index in [0.29, 0.717) is 19.3 Å². The number of aliphatic hydroxyl groups is 2. The maximum atomic E-state index is 14.6. The van der Waals surface area contributed by atoms with Crippen LogP contribution in [0.25, 0.3) is 0 Å². The first-order valence-electron chi connectivity index (χ1n) is 21.0. The molecule has 1 fully saturated rings. The summed E-state index contributed by atoms with van der Waals surface area (Å²) in [5.41, 5.74) is -3.26. The Morgan fingerprint density at radius 1 is 0.660 bits per heavy atom. The molecule has 0 radical (unpaired) electrons. The summed E-state index contributed by atoms with van der Waals surface area (Å²) in [6, 6.07) is 0. The molecule has 1 aromatic rings. The highest BCUT2D eigenvalue weighted by atomic mass is 19.1. The Morgan fingerprint density at radius 2 is 1.04 bits per heavy atom. The fourth-order valence-corrected chi connectivity index (χ4v) is 8.00. The monoisotopic (exact) mass is 755 g/mol. The van der Waals surface area contributed by atoms with Crippen LogP contribution >= 0.6 is 0 Å².